The number of hydrogen-bond donors (Lipinski definition) is 1. The highest BCUT2D eigenvalue weighted by molar-refractivity contribution is 5.33. The Labute approximate surface area is 123 Å². The first-order chi connectivity index (χ1) is 10.1. The van der Waals surface area contributed by atoms with Crippen molar-refractivity contribution in [3.05, 3.63) is 71.3 Å². The van der Waals surface area contributed by atoms with E-state index in [0.29, 0.717) is 5.56 Å². The van der Waals surface area contributed by atoms with E-state index in [-0.39, 0.29) is 0 Å². The van der Waals surface area contributed by atoms with Gasteiger partial charge in [-0.1, -0.05) is 49.2 Å². The minimum absolute atomic E-state index is 0.397. The molecule has 3 rings (SSSR count). The van der Waals surface area contributed by atoms with Gasteiger partial charge in [0, 0.05) is 5.41 Å². The molecule has 110 valence electrons. The van der Waals surface area contributed by atoms with Crippen molar-refractivity contribution in [3.8, 4) is 0 Å². The van der Waals surface area contributed by atoms with Crippen molar-refractivity contribution in [3.63, 3.8) is 0 Å². The zero-order valence-corrected chi connectivity index (χ0v) is 11.7. The molecule has 2 aromatic carbocycles. The molecule has 0 heterocycles. The maximum Gasteiger partial charge on any atom is 0.159 e. The van der Waals surface area contributed by atoms with Crippen LogP contribution >= 0.6 is 0 Å². The lowest BCUT2D eigenvalue weighted by Crippen LogP contribution is -2.30. The smallest absolute Gasteiger partial charge is 0.159 e. The highest BCUT2D eigenvalue weighted by Gasteiger charge is 2.42. The van der Waals surface area contributed by atoms with Crippen molar-refractivity contribution < 1.29 is 13.9 Å². The molecule has 1 nitrogen and oxygen atoms in total. The van der Waals surface area contributed by atoms with E-state index in [9.17, 15) is 13.9 Å². The lowest BCUT2D eigenvalue weighted by atomic mass is 9.72. The van der Waals surface area contributed by atoms with Crippen LogP contribution in [-0.2, 0) is 5.41 Å². The fourth-order valence-electron chi connectivity index (χ4n) is 3.50. The van der Waals surface area contributed by atoms with Gasteiger partial charge in [-0.2, -0.15) is 0 Å². The molecule has 1 saturated carbocycles. The Bertz CT molecular complexity index is 618. The molecule has 3 heteroatoms. The molecule has 0 bridgehead atoms. The van der Waals surface area contributed by atoms with Crippen molar-refractivity contribution >= 4 is 0 Å². The van der Waals surface area contributed by atoms with Crippen molar-refractivity contribution in [2.75, 3.05) is 0 Å². The maximum atomic E-state index is 13.5. The molecule has 0 aliphatic heterocycles. The van der Waals surface area contributed by atoms with Crippen LogP contribution in [0, 0.1) is 11.6 Å². The van der Waals surface area contributed by atoms with Crippen LogP contribution in [0.15, 0.2) is 48.5 Å². The first-order valence-electron chi connectivity index (χ1n) is 7.32. The van der Waals surface area contributed by atoms with Crippen molar-refractivity contribution in [2.45, 2.75) is 37.2 Å². The lowest BCUT2D eigenvalue weighted by Gasteiger charge is -2.35. The summed E-state index contributed by atoms with van der Waals surface area (Å²) in [6, 6.07) is 13.5. The second kappa shape index (κ2) is 5.57. The fourth-order valence-corrected chi connectivity index (χ4v) is 3.50. The number of aliphatic hydroxyl groups is 1. The Morgan fingerprint density at radius 2 is 1.57 bits per heavy atom. The van der Waals surface area contributed by atoms with E-state index in [2.05, 4.69) is 0 Å². The Morgan fingerprint density at radius 1 is 0.905 bits per heavy atom. The van der Waals surface area contributed by atoms with Gasteiger partial charge in [0.25, 0.3) is 0 Å². The lowest BCUT2D eigenvalue weighted by molar-refractivity contribution is 0.0818. The predicted octanol–water partition coefficient (Wildman–Crippen LogP) is 4.51. The van der Waals surface area contributed by atoms with Crippen LogP contribution in [0.1, 0.15) is 42.9 Å². The van der Waals surface area contributed by atoms with Gasteiger partial charge in [0.1, 0.15) is 0 Å². The van der Waals surface area contributed by atoms with Crippen LogP contribution in [-0.4, -0.2) is 5.11 Å². The third-order valence-electron chi connectivity index (χ3n) is 4.63. The summed E-state index contributed by atoms with van der Waals surface area (Å²) in [5.74, 6) is -1.79. The van der Waals surface area contributed by atoms with Gasteiger partial charge >= 0.3 is 0 Å². The topological polar surface area (TPSA) is 20.2 Å². The van der Waals surface area contributed by atoms with Crippen LogP contribution in [0.25, 0.3) is 0 Å². The highest BCUT2D eigenvalue weighted by Crippen LogP contribution is 2.49. The number of rotatable bonds is 3. The Balaban J connectivity index is 2.03. The Hall–Kier alpha value is -1.74. The summed E-state index contributed by atoms with van der Waals surface area (Å²) in [5.41, 5.74) is 1.12. The molecule has 0 amide bonds. The van der Waals surface area contributed by atoms with Crippen molar-refractivity contribution in [1.29, 1.82) is 0 Å². The number of hydrogen-bond acceptors (Lipinski definition) is 1. The maximum absolute atomic E-state index is 13.5. The first-order valence-corrected chi connectivity index (χ1v) is 7.32. The molecule has 1 fully saturated rings. The minimum Gasteiger partial charge on any atom is -0.387 e. The molecule has 1 unspecified atom stereocenters. The van der Waals surface area contributed by atoms with E-state index < -0.39 is 23.2 Å². The first kappa shape index (κ1) is 14.2. The van der Waals surface area contributed by atoms with E-state index in [1.165, 1.54) is 6.07 Å². The van der Waals surface area contributed by atoms with E-state index >= 15 is 0 Å². The van der Waals surface area contributed by atoms with Gasteiger partial charge in [-0.25, -0.2) is 8.78 Å². The van der Waals surface area contributed by atoms with Crippen molar-refractivity contribution in [2.24, 2.45) is 0 Å². The van der Waals surface area contributed by atoms with E-state index in [4.69, 9.17) is 0 Å². The summed E-state index contributed by atoms with van der Waals surface area (Å²) >= 11 is 0. The molecular weight excluding hydrogens is 270 g/mol. The van der Waals surface area contributed by atoms with Gasteiger partial charge in [0.2, 0.25) is 0 Å². The molecule has 0 spiro atoms. The zero-order chi connectivity index (χ0) is 14.9. The molecule has 1 N–H and O–H groups in total. The summed E-state index contributed by atoms with van der Waals surface area (Å²) < 4.78 is 26.6. The van der Waals surface area contributed by atoms with E-state index in [1.807, 2.05) is 30.3 Å². The Kier molecular flexibility index (Phi) is 3.77. The SMILES string of the molecule is OC(c1ccc(F)c(F)c1)C1(c2ccccc2)CCCC1. The van der Waals surface area contributed by atoms with Gasteiger partial charge < -0.3 is 5.11 Å². The molecule has 0 aromatic heterocycles. The van der Waals surface area contributed by atoms with Gasteiger partial charge in [-0.3, -0.25) is 0 Å². The number of benzene rings is 2. The molecule has 0 saturated heterocycles. The van der Waals surface area contributed by atoms with Gasteiger partial charge in [0.15, 0.2) is 11.6 Å². The molecule has 1 atom stereocenters. The van der Waals surface area contributed by atoms with Crippen molar-refractivity contribution in [1.82, 2.24) is 0 Å². The molecule has 1 aliphatic rings. The summed E-state index contributed by atoms with van der Waals surface area (Å²) in [6.45, 7) is 0. The average molecular weight is 288 g/mol. The zero-order valence-electron chi connectivity index (χ0n) is 11.7. The second-order valence-corrected chi connectivity index (χ2v) is 5.81. The quantitative estimate of drug-likeness (QED) is 0.881. The number of halogens is 2. The molecule has 2 aromatic rings. The highest BCUT2D eigenvalue weighted by atomic mass is 19.2. The molecule has 0 radical (unpaired) electrons. The largest absolute Gasteiger partial charge is 0.387 e. The Morgan fingerprint density at radius 3 is 2.19 bits per heavy atom. The van der Waals surface area contributed by atoms with Crippen LogP contribution in [0.3, 0.4) is 0 Å². The van der Waals surface area contributed by atoms with E-state index in [1.54, 1.807) is 0 Å². The van der Waals surface area contributed by atoms with E-state index in [0.717, 1.165) is 43.4 Å². The van der Waals surface area contributed by atoms with Crippen LogP contribution in [0.4, 0.5) is 8.78 Å². The van der Waals surface area contributed by atoms with Crippen LogP contribution < -0.4 is 0 Å². The summed E-state index contributed by atoms with van der Waals surface area (Å²) in [4.78, 5) is 0. The summed E-state index contributed by atoms with van der Waals surface area (Å²) in [6.07, 6.45) is 2.97. The minimum atomic E-state index is -0.909. The fraction of sp³-hybridized carbons (Fsp3) is 0.333. The number of aliphatic hydroxyl groups excluding tert-OH is 1. The second-order valence-electron chi connectivity index (χ2n) is 5.81. The molecular formula is C18H18F2O. The molecule has 21 heavy (non-hydrogen) atoms. The third-order valence-corrected chi connectivity index (χ3v) is 4.63. The molecule has 1 aliphatic carbocycles. The third kappa shape index (κ3) is 2.46. The van der Waals surface area contributed by atoms with Crippen LogP contribution in [0.5, 0.6) is 0 Å². The summed E-state index contributed by atoms with van der Waals surface area (Å²) in [5, 5.41) is 10.9. The normalized spacial score (nSPS) is 18.6. The van der Waals surface area contributed by atoms with Gasteiger partial charge in [-0.15, -0.1) is 0 Å². The van der Waals surface area contributed by atoms with Gasteiger partial charge in [-0.05, 0) is 36.1 Å². The summed E-state index contributed by atoms with van der Waals surface area (Å²) in [7, 11) is 0. The monoisotopic (exact) mass is 288 g/mol. The predicted molar refractivity (Wildman–Crippen MR) is 77.9 cm³/mol. The van der Waals surface area contributed by atoms with Gasteiger partial charge in [0.05, 0.1) is 6.10 Å². The average Bonchev–Trinajstić information content (AvgIpc) is 3.01. The standard InChI is InChI=1S/C18H18F2O/c19-15-9-8-13(12-16(15)20)17(21)18(10-4-5-11-18)14-6-2-1-3-7-14/h1-3,6-9,12,17,21H,4-5,10-11H2. The van der Waals surface area contributed by atoms with Crippen LogP contribution in [0.2, 0.25) is 0 Å².